The maximum atomic E-state index is 14.0. The molecular formula is C19H16FN5OS. The van der Waals surface area contributed by atoms with E-state index in [9.17, 15) is 4.39 Å². The minimum atomic E-state index is -0.327. The average Bonchev–Trinajstić information content (AvgIpc) is 3.28. The summed E-state index contributed by atoms with van der Waals surface area (Å²) in [5, 5.41) is 12.9. The molecule has 0 aliphatic rings. The molecule has 0 amide bonds. The van der Waals surface area contributed by atoms with Crippen molar-refractivity contribution in [3.63, 3.8) is 0 Å². The molecule has 2 heterocycles. The summed E-state index contributed by atoms with van der Waals surface area (Å²) >= 11 is 1.41. The molecule has 27 heavy (non-hydrogen) atoms. The Morgan fingerprint density at radius 2 is 1.81 bits per heavy atom. The van der Waals surface area contributed by atoms with Gasteiger partial charge in [-0.2, -0.15) is 4.98 Å². The third-order valence-corrected chi connectivity index (χ3v) is 4.99. The summed E-state index contributed by atoms with van der Waals surface area (Å²) in [5.74, 6) is 1.77. The monoisotopic (exact) mass is 381 g/mol. The van der Waals surface area contributed by atoms with Crippen LogP contribution in [-0.2, 0) is 19.2 Å². The van der Waals surface area contributed by atoms with Crippen LogP contribution in [0.3, 0.4) is 0 Å². The van der Waals surface area contributed by atoms with Crippen LogP contribution >= 0.6 is 11.8 Å². The topological polar surface area (TPSA) is 69.6 Å². The summed E-state index contributed by atoms with van der Waals surface area (Å²) in [7, 11) is 1.80. The number of hydrogen-bond donors (Lipinski definition) is 0. The van der Waals surface area contributed by atoms with Crippen LogP contribution in [0.5, 0.6) is 0 Å². The van der Waals surface area contributed by atoms with E-state index in [-0.39, 0.29) is 5.82 Å². The molecule has 2 aromatic carbocycles. The Morgan fingerprint density at radius 3 is 2.63 bits per heavy atom. The van der Waals surface area contributed by atoms with Crippen LogP contribution in [0, 0.1) is 5.82 Å². The zero-order valence-corrected chi connectivity index (χ0v) is 15.4. The fourth-order valence-corrected chi connectivity index (χ4v) is 3.39. The Kier molecular flexibility index (Phi) is 4.97. The number of thioether (sulfide) groups is 1. The molecule has 0 radical (unpaired) electrons. The molecular weight excluding hydrogens is 365 g/mol. The summed E-state index contributed by atoms with van der Waals surface area (Å²) in [6, 6.07) is 16.5. The second-order valence-corrected chi connectivity index (χ2v) is 6.84. The fourth-order valence-electron chi connectivity index (χ4n) is 2.64. The van der Waals surface area contributed by atoms with E-state index in [4.69, 9.17) is 4.52 Å². The zero-order valence-electron chi connectivity index (χ0n) is 14.5. The summed E-state index contributed by atoms with van der Waals surface area (Å²) in [6.45, 7) is 0. The summed E-state index contributed by atoms with van der Waals surface area (Å²) in [5.41, 5.74) is 1.54. The Labute approximate surface area is 159 Å². The number of benzene rings is 2. The highest BCUT2D eigenvalue weighted by Crippen LogP contribution is 2.26. The second-order valence-electron chi connectivity index (χ2n) is 5.90. The van der Waals surface area contributed by atoms with Crippen LogP contribution in [-0.4, -0.2) is 24.9 Å². The third kappa shape index (κ3) is 3.90. The first-order valence-electron chi connectivity index (χ1n) is 8.33. The second kappa shape index (κ2) is 7.71. The molecule has 0 fully saturated rings. The van der Waals surface area contributed by atoms with E-state index < -0.39 is 0 Å². The van der Waals surface area contributed by atoms with E-state index in [0.717, 1.165) is 5.56 Å². The molecule has 4 aromatic rings. The lowest BCUT2D eigenvalue weighted by molar-refractivity contribution is 0.385. The summed E-state index contributed by atoms with van der Waals surface area (Å²) in [6.07, 6.45) is 0.621. The molecule has 0 aliphatic carbocycles. The molecule has 4 rings (SSSR count). The lowest BCUT2D eigenvalue weighted by Crippen LogP contribution is -1.97. The van der Waals surface area contributed by atoms with Crippen LogP contribution < -0.4 is 0 Å². The molecule has 0 saturated heterocycles. The van der Waals surface area contributed by atoms with Gasteiger partial charge in [-0.1, -0.05) is 59.4 Å². The van der Waals surface area contributed by atoms with E-state index >= 15 is 0 Å². The van der Waals surface area contributed by atoms with Crippen LogP contribution in [0.25, 0.3) is 11.4 Å². The van der Waals surface area contributed by atoms with Crippen molar-refractivity contribution in [1.29, 1.82) is 0 Å². The van der Waals surface area contributed by atoms with Gasteiger partial charge >= 0.3 is 0 Å². The molecule has 0 aliphatic heterocycles. The summed E-state index contributed by atoms with van der Waals surface area (Å²) < 4.78 is 21.0. The number of hydrogen-bond acceptors (Lipinski definition) is 6. The zero-order chi connectivity index (χ0) is 18.6. The first-order valence-corrected chi connectivity index (χ1v) is 9.32. The molecule has 0 unspecified atom stereocenters. The van der Waals surface area contributed by atoms with Crippen LogP contribution in [0.15, 0.2) is 64.3 Å². The van der Waals surface area contributed by atoms with Gasteiger partial charge in [-0.3, -0.25) is 0 Å². The largest absolute Gasteiger partial charge is 0.338 e. The molecule has 0 spiro atoms. The molecule has 0 atom stereocenters. The van der Waals surface area contributed by atoms with Gasteiger partial charge in [-0.25, -0.2) is 4.39 Å². The quantitative estimate of drug-likeness (QED) is 0.472. The number of rotatable bonds is 6. The van der Waals surface area contributed by atoms with E-state index in [1.807, 2.05) is 30.3 Å². The fraction of sp³-hybridized carbons (Fsp3) is 0.158. The van der Waals surface area contributed by atoms with Gasteiger partial charge in [0.15, 0.2) is 16.8 Å². The van der Waals surface area contributed by atoms with Gasteiger partial charge in [0.25, 0.3) is 0 Å². The van der Waals surface area contributed by atoms with E-state index in [2.05, 4.69) is 20.3 Å². The maximum absolute atomic E-state index is 14.0. The Bertz CT molecular complexity index is 1050. The molecule has 0 saturated carbocycles. The highest BCUT2D eigenvalue weighted by molar-refractivity contribution is 7.98. The highest BCUT2D eigenvalue weighted by Gasteiger charge is 2.15. The Balaban J connectivity index is 1.43. The lowest BCUT2D eigenvalue weighted by atomic mass is 10.1. The van der Waals surface area contributed by atoms with Crippen molar-refractivity contribution in [2.45, 2.75) is 17.3 Å². The van der Waals surface area contributed by atoms with Gasteiger partial charge in [0, 0.05) is 13.5 Å². The van der Waals surface area contributed by atoms with Gasteiger partial charge in [-0.15, -0.1) is 10.2 Å². The first kappa shape index (κ1) is 17.4. The van der Waals surface area contributed by atoms with Crippen LogP contribution in [0.1, 0.15) is 17.3 Å². The van der Waals surface area contributed by atoms with E-state index in [0.29, 0.717) is 40.4 Å². The molecule has 0 N–H and O–H groups in total. The summed E-state index contributed by atoms with van der Waals surface area (Å²) in [4.78, 5) is 4.41. The normalized spacial score (nSPS) is 11.0. The minimum absolute atomic E-state index is 0.327. The van der Waals surface area contributed by atoms with Gasteiger partial charge in [0.05, 0.1) is 11.3 Å². The predicted molar refractivity (Wildman–Crippen MR) is 99.5 cm³/mol. The predicted octanol–water partition coefficient (Wildman–Crippen LogP) is 3.89. The van der Waals surface area contributed by atoms with Crippen molar-refractivity contribution >= 4 is 11.8 Å². The highest BCUT2D eigenvalue weighted by atomic mass is 32.2. The number of aromatic nitrogens is 5. The average molecular weight is 381 g/mol. The SMILES string of the molecule is Cn1c(SCc2nc(Cc3ccccc3)no2)nnc1-c1ccccc1F. The van der Waals surface area contributed by atoms with Crippen molar-refractivity contribution in [2.75, 3.05) is 0 Å². The smallest absolute Gasteiger partial charge is 0.237 e. The van der Waals surface area contributed by atoms with Gasteiger partial charge in [0.2, 0.25) is 5.89 Å². The standard InChI is InChI=1S/C19H16FN5OS/c1-25-18(14-9-5-6-10-15(14)20)22-23-19(25)27-12-17-21-16(24-26-17)11-13-7-3-2-4-8-13/h2-10H,11-12H2,1H3. The number of halogens is 1. The van der Waals surface area contributed by atoms with Crippen LogP contribution in [0.4, 0.5) is 4.39 Å². The first-order chi connectivity index (χ1) is 13.2. The van der Waals surface area contributed by atoms with Gasteiger partial charge < -0.3 is 9.09 Å². The van der Waals surface area contributed by atoms with Crippen molar-refractivity contribution in [1.82, 2.24) is 24.9 Å². The molecule has 0 bridgehead atoms. The van der Waals surface area contributed by atoms with Crippen molar-refractivity contribution in [3.05, 3.63) is 77.7 Å². The van der Waals surface area contributed by atoms with Crippen molar-refractivity contribution < 1.29 is 8.91 Å². The molecule has 6 nitrogen and oxygen atoms in total. The maximum Gasteiger partial charge on any atom is 0.237 e. The van der Waals surface area contributed by atoms with Gasteiger partial charge in [0.1, 0.15) is 5.82 Å². The van der Waals surface area contributed by atoms with Gasteiger partial charge in [-0.05, 0) is 17.7 Å². The molecule has 2 aromatic heterocycles. The minimum Gasteiger partial charge on any atom is -0.338 e. The van der Waals surface area contributed by atoms with E-state index in [1.54, 1.807) is 29.8 Å². The Morgan fingerprint density at radius 1 is 1.04 bits per heavy atom. The number of nitrogens with zero attached hydrogens (tertiary/aromatic N) is 5. The Hall–Kier alpha value is -3.00. The molecule has 8 heteroatoms. The molecule has 136 valence electrons. The van der Waals surface area contributed by atoms with E-state index in [1.165, 1.54) is 17.8 Å². The van der Waals surface area contributed by atoms with Crippen molar-refractivity contribution in [2.24, 2.45) is 7.05 Å². The van der Waals surface area contributed by atoms with Crippen molar-refractivity contribution in [3.8, 4) is 11.4 Å². The lowest BCUT2D eigenvalue weighted by Gasteiger charge is -2.03. The third-order valence-electron chi connectivity index (χ3n) is 3.99. The van der Waals surface area contributed by atoms with Crippen LogP contribution in [0.2, 0.25) is 0 Å².